The summed E-state index contributed by atoms with van der Waals surface area (Å²) in [5, 5.41) is 0. The Hall–Kier alpha value is -0.110. The van der Waals surface area contributed by atoms with Gasteiger partial charge in [0.2, 0.25) is 0 Å². The van der Waals surface area contributed by atoms with Crippen molar-refractivity contribution in [1.29, 1.82) is 0 Å². The van der Waals surface area contributed by atoms with Crippen LogP contribution in [0.5, 0.6) is 0 Å². The average molecular weight is 245 g/mol. The largest absolute Gasteiger partial charge is 0.294 e. The van der Waals surface area contributed by atoms with Gasteiger partial charge in [-0.3, -0.25) is 4.79 Å². The molecule has 0 aromatic carbocycles. The summed E-state index contributed by atoms with van der Waals surface area (Å²) in [5.74, 6) is 0.266. The second kappa shape index (κ2) is 3.95. The highest BCUT2D eigenvalue weighted by Crippen LogP contribution is 2.34. The quantitative estimate of drug-likeness (QED) is 0.634. The third kappa shape index (κ3) is 2.94. The zero-order valence-electron chi connectivity index (χ0n) is 8.61. The number of Topliss-reactive ketones (excluding diaryl/α,β-unsaturated/α-hetero) is 1. The third-order valence-electron chi connectivity index (χ3n) is 2.66. The van der Waals surface area contributed by atoms with Crippen LogP contribution in [-0.4, -0.2) is 5.78 Å². The molecule has 1 rings (SSSR count). The lowest BCUT2D eigenvalue weighted by atomic mass is 9.80. The summed E-state index contributed by atoms with van der Waals surface area (Å²) in [5.41, 5.74) is 1.39. The molecule has 1 aliphatic carbocycles. The van der Waals surface area contributed by atoms with Crippen LogP contribution < -0.4 is 0 Å². The number of carbonyl (C=O) groups excluding carboxylic acids is 1. The van der Waals surface area contributed by atoms with E-state index in [1.165, 1.54) is 12.0 Å². The standard InChI is InChI=1S/C11H17BrO/c1-8-5-4-6-11(2,3)7-9(13)10(8)12/h4-7H2,1-3H3. The predicted octanol–water partition coefficient (Wildman–Crippen LogP) is 3.82. The Bertz CT molecular complexity index is 251. The van der Waals surface area contributed by atoms with Crippen LogP contribution in [0.2, 0.25) is 0 Å². The van der Waals surface area contributed by atoms with Crippen molar-refractivity contribution in [3.05, 3.63) is 10.1 Å². The minimum atomic E-state index is 0.177. The van der Waals surface area contributed by atoms with Crippen molar-refractivity contribution in [2.45, 2.75) is 46.5 Å². The van der Waals surface area contributed by atoms with Gasteiger partial charge in [-0.25, -0.2) is 0 Å². The topological polar surface area (TPSA) is 17.1 Å². The van der Waals surface area contributed by atoms with E-state index < -0.39 is 0 Å². The van der Waals surface area contributed by atoms with Gasteiger partial charge in [0.15, 0.2) is 5.78 Å². The molecule has 0 radical (unpaired) electrons. The molecule has 0 spiro atoms. The Morgan fingerprint density at radius 1 is 1.38 bits per heavy atom. The molecule has 0 N–H and O–H groups in total. The zero-order valence-corrected chi connectivity index (χ0v) is 10.2. The Morgan fingerprint density at radius 3 is 2.62 bits per heavy atom. The number of hydrogen-bond acceptors (Lipinski definition) is 1. The Labute approximate surface area is 88.7 Å². The van der Waals surface area contributed by atoms with Crippen molar-refractivity contribution < 1.29 is 4.79 Å². The second-order valence-corrected chi connectivity index (χ2v) is 5.51. The van der Waals surface area contributed by atoms with Crippen LogP contribution >= 0.6 is 15.9 Å². The lowest BCUT2D eigenvalue weighted by molar-refractivity contribution is -0.116. The molecule has 0 saturated heterocycles. The highest BCUT2D eigenvalue weighted by molar-refractivity contribution is 9.12. The van der Waals surface area contributed by atoms with E-state index in [0.717, 1.165) is 17.3 Å². The van der Waals surface area contributed by atoms with Crippen molar-refractivity contribution in [3.63, 3.8) is 0 Å². The minimum absolute atomic E-state index is 0.177. The molecule has 0 atom stereocenters. The molecule has 1 nitrogen and oxygen atoms in total. The molecule has 0 heterocycles. The maximum absolute atomic E-state index is 11.7. The summed E-state index contributed by atoms with van der Waals surface area (Å²) < 4.78 is 0.820. The average Bonchev–Trinajstić information content (AvgIpc) is 2.00. The molecule has 0 amide bonds. The van der Waals surface area contributed by atoms with Gasteiger partial charge in [0, 0.05) is 6.42 Å². The van der Waals surface area contributed by atoms with E-state index in [0.29, 0.717) is 6.42 Å². The first kappa shape index (κ1) is 11.0. The monoisotopic (exact) mass is 244 g/mol. The first-order valence-corrected chi connectivity index (χ1v) is 5.60. The van der Waals surface area contributed by atoms with Gasteiger partial charge < -0.3 is 0 Å². The summed E-state index contributed by atoms with van der Waals surface area (Å²) >= 11 is 3.39. The van der Waals surface area contributed by atoms with E-state index in [1.54, 1.807) is 0 Å². The fraction of sp³-hybridized carbons (Fsp3) is 0.727. The summed E-state index contributed by atoms with van der Waals surface area (Å²) in [7, 11) is 0. The van der Waals surface area contributed by atoms with Gasteiger partial charge in [0.25, 0.3) is 0 Å². The molecule has 0 bridgehead atoms. The number of halogens is 1. The smallest absolute Gasteiger partial charge is 0.170 e. The van der Waals surface area contributed by atoms with E-state index >= 15 is 0 Å². The van der Waals surface area contributed by atoms with Gasteiger partial charge in [-0.05, 0) is 47.5 Å². The molecule has 0 fully saturated rings. The van der Waals surface area contributed by atoms with Gasteiger partial charge >= 0.3 is 0 Å². The number of hydrogen-bond donors (Lipinski definition) is 0. The van der Waals surface area contributed by atoms with E-state index in [-0.39, 0.29) is 11.2 Å². The molecule has 0 unspecified atom stereocenters. The number of allylic oxidation sites excluding steroid dienone is 2. The maximum atomic E-state index is 11.7. The number of ketones is 1. The third-order valence-corrected chi connectivity index (χ3v) is 3.78. The molecule has 0 aliphatic heterocycles. The van der Waals surface area contributed by atoms with Crippen LogP contribution in [0, 0.1) is 5.41 Å². The van der Waals surface area contributed by atoms with E-state index in [2.05, 4.69) is 29.8 Å². The molecular weight excluding hydrogens is 228 g/mol. The second-order valence-electron chi connectivity index (χ2n) is 4.71. The molecule has 0 saturated carbocycles. The van der Waals surface area contributed by atoms with Crippen LogP contribution in [0.25, 0.3) is 0 Å². The van der Waals surface area contributed by atoms with Crippen molar-refractivity contribution in [2.75, 3.05) is 0 Å². The number of rotatable bonds is 0. The zero-order chi connectivity index (χ0) is 10.1. The fourth-order valence-corrected chi connectivity index (χ4v) is 2.12. The predicted molar refractivity (Wildman–Crippen MR) is 58.9 cm³/mol. The maximum Gasteiger partial charge on any atom is 0.170 e. The van der Waals surface area contributed by atoms with Crippen molar-refractivity contribution >= 4 is 21.7 Å². The molecule has 1 aliphatic rings. The summed E-state index contributed by atoms with van der Waals surface area (Å²) in [6, 6.07) is 0. The van der Waals surface area contributed by atoms with Crippen LogP contribution in [0.3, 0.4) is 0 Å². The highest BCUT2D eigenvalue weighted by atomic mass is 79.9. The van der Waals surface area contributed by atoms with Crippen molar-refractivity contribution in [2.24, 2.45) is 5.41 Å². The molecule has 0 aromatic rings. The van der Waals surface area contributed by atoms with Gasteiger partial charge in [-0.2, -0.15) is 0 Å². The van der Waals surface area contributed by atoms with Gasteiger partial charge in [-0.15, -0.1) is 0 Å². The van der Waals surface area contributed by atoms with Crippen LogP contribution in [0.1, 0.15) is 46.5 Å². The summed E-state index contributed by atoms with van der Waals surface area (Å²) in [4.78, 5) is 11.7. The number of carbonyl (C=O) groups is 1. The van der Waals surface area contributed by atoms with Crippen LogP contribution in [0.4, 0.5) is 0 Å². The SMILES string of the molecule is CC1=C(Br)C(=O)CC(C)(C)CCC1. The molecule has 0 aromatic heterocycles. The van der Waals surface area contributed by atoms with Crippen LogP contribution in [-0.2, 0) is 4.79 Å². The summed E-state index contributed by atoms with van der Waals surface area (Å²) in [6.07, 6.45) is 4.07. The Kier molecular flexibility index (Phi) is 3.33. The van der Waals surface area contributed by atoms with Crippen molar-refractivity contribution in [1.82, 2.24) is 0 Å². The van der Waals surface area contributed by atoms with E-state index in [9.17, 15) is 4.79 Å². The first-order chi connectivity index (χ1) is 5.92. The fourth-order valence-electron chi connectivity index (χ4n) is 1.78. The van der Waals surface area contributed by atoms with Crippen molar-refractivity contribution in [3.8, 4) is 0 Å². The normalized spacial score (nSPS) is 24.2. The molecule has 13 heavy (non-hydrogen) atoms. The molecular formula is C11H17BrO. The molecule has 2 heteroatoms. The lowest BCUT2D eigenvalue weighted by Crippen LogP contribution is -2.19. The van der Waals surface area contributed by atoms with Gasteiger partial charge in [0.1, 0.15) is 0 Å². The molecule has 74 valence electrons. The summed E-state index contributed by atoms with van der Waals surface area (Å²) in [6.45, 7) is 6.39. The van der Waals surface area contributed by atoms with Crippen LogP contribution in [0.15, 0.2) is 10.1 Å². The van der Waals surface area contributed by atoms with Gasteiger partial charge in [-0.1, -0.05) is 19.4 Å². The van der Waals surface area contributed by atoms with E-state index in [4.69, 9.17) is 0 Å². The van der Waals surface area contributed by atoms with E-state index in [1.807, 2.05) is 6.92 Å². The van der Waals surface area contributed by atoms with Gasteiger partial charge in [0.05, 0.1) is 4.48 Å². The first-order valence-electron chi connectivity index (χ1n) is 4.81. The highest BCUT2D eigenvalue weighted by Gasteiger charge is 2.25. The minimum Gasteiger partial charge on any atom is -0.294 e. The lowest BCUT2D eigenvalue weighted by Gasteiger charge is -2.26. The Balaban J connectivity index is 2.87. The Morgan fingerprint density at radius 2 is 2.00 bits per heavy atom.